The summed E-state index contributed by atoms with van der Waals surface area (Å²) >= 11 is 5.82. The van der Waals surface area contributed by atoms with E-state index in [-0.39, 0.29) is 0 Å². The Morgan fingerprint density at radius 2 is 2.31 bits per heavy atom. The number of fused-ring (bicyclic) bond motifs is 1. The second kappa shape index (κ2) is 2.75. The molecule has 0 unspecified atom stereocenters. The van der Waals surface area contributed by atoms with Crippen LogP contribution in [0.2, 0.25) is 5.28 Å². The van der Waals surface area contributed by atoms with Crippen molar-refractivity contribution in [3.8, 4) is 6.07 Å². The van der Waals surface area contributed by atoms with Gasteiger partial charge < -0.3 is 4.57 Å². The van der Waals surface area contributed by atoms with Crippen LogP contribution in [0.15, 0.2) is 18.2 Å². The largest absolute Gasteiger partial charge is 0.318 e. The first kappa shape index (κ1) is 8.09. The first-order chi connectivity index (χ1) is 6.24. The molecule has 13 heavy (non-hydrogen) atoms. The van der Waals surface area contributed by atoms with Gasteiger partial charge >= 0.3 is 0 Å². The lowest BCUT2D eigenvalue weighted by Crippen LogP contribution is -1.86. The Hall–Kier alpha value is -1.53. The Morgan fingerprint density at radius 1 is 1.54 bits per heavy atom. The molecule has 2 rings (SSSR count). The summed E-state index contributed by atoms with van der Waals surface area (Å²) in [5, 5.41) is 9.19. The van der Waals surface area contributed by atoms with Gasteiger partial charge in [0.2, 0.25) is 5.28 Å². The van der Waals surface area contributed by atoms with Crippen molar-refractivity contribution in [1.29, 1.82) is 5.26 Å². The van der Waals surface area contributed by atoms with Gasteiger partial charge in [-0.2, -0.15) is 5.26 Å². The van der Waals surface area contributed by atoms with E-state index in [1.807, 2.05) is 19.2 Å². The summed E-state index contributed by atoms with van der Waals surface area (Å²) in [6, 6.07) is 7.51. The third kappa shape index (κ3) is 1.07. The normalized spacial score (nSPS) is 10.2. The smallest absolute Gasteiger partial charge is 0.203 e. The molecule has 0 aliphatic carbocycles. The van der Waals surface area contributed by atoms with Crippen molar-refractivity contribution < 1.29 is 0 Å². The molecule has 4 heteroatoms. The zero-order chi connectivity index (χ0) is 9.42. The van der Waals surface area contributed by atoms with Gasteiger partial charge in [0.25, 0.3) is 0 Å². The topological polar surface area (TPSA) is 41.6 Å². The number of aryl methyl sites for hydroxylation is 1. The second-order valence-electron chi connectivity index (χ2n) is 2.72. The minimum absolute atomic E-state index is 0.401. The Balaban J connectivity index is 2.95. The van der Waals surface area contributed by atoms with Crippen LogP contribution in [0, 0.1) is 11.3 Å². The molecule has 1 aromatic carbocycles. The van der Waals surface area contributed by atoms with Crippen molar-refractivity contribution in [1.82, 2.24) is 9.55 Å². The molecule has 0 N–H and O–H groups in total. The summed E-state index contributed by atoms with van der Waals surface area (Å²) in [5.41, 5.74) is 2.10. The average molecular weight is 192 g/mol. The van der Waals surface area contributed by atoms with E-state index < -0.39 is 0 Å². The van der Waals surface area contributed by atoms with Gasteiger partial charge in [0.15, 0.2) is 0 Å². The van der Waals surface area contributed by atoms with Crippen LogP contribution in [0.3, 0.4) is 0 Å². The number of nitrogens with zero attached hydrogens (tertiary/aromatic N) is 3. The maximum Gasteiger partial charge on any atom is 0.203 e. The fourth-order valence-corrected chi connectivity index (χ4v) is 1.45. The Labute approximate surface area is 80.2 Å². The number of imidazole rings is 1. The molecule has 0 amide bonds. The molecule has 0 fully saturated rings. The molecule has 0 bridgehead atoms. The van der Waals surface area contributed by atoms with Crippen LogP contribution in [-0.4, -0.2) is 9.55 Å². The fourth-order valence-electron chi connectivity index (χ4n) is 1.28. The number of rotatable bonds is 0. The van der Waals surface area contributed by atoms with Crippen LogP contribution in [0.4, 0.5) is 0 Å². The second-order valence-corrected chi connectivity index (χ2v) is 3.06. The van der Waals surface area contributed by atoms with Gasteiger partial charge in [-0.25, -0.2) is 4.98 Å². The highest BCUT2D eigenvalue weighted by atomic mass is 35.5. The van der Waals surface area contributed by atoms with Crippen LogP contribution in [-0.2, 0) is 7.05 Å². The number of para-hydroxylation sites is 1. The SMILES string of the molecule is Cn1c(Cl)nc2c(C#N)cccc21. The first-order valence-corrected chi connectivity index (χ1v) is 4.13. The highest BCUT2D eigenvalue weighted by Crippen LogP contribution is 2.20. The Kier molecular flexibility index (Phi) is 1.71. The summed E-state index contributed by atoms with van der Waals surface area (Å²) in [5.74, 6) is 0. The van der Waals surface area contributed by atoms with Gasteiger partial charge in [-0.05, 0) is 23.7 Å². The third-order valence-electron chi connectivity index (χ3n) is 1.98. The van der Waals surface area contributed by atoms with Crippen LogP contribution in [0.25, 0.3) is 11.0 Å². The van der Waals surface area contributed by atoms with Crippen LogP contribution in [0.1, 0.15) is 5.56 Å². The van der Waals surface area contributed by atoms with Gasteiger partial charge in [-0.1, -0.05) is 6.07 Å². The van der Waals surface area contributed by atoms with Crippen molar-refractivity contribution in [2.24, 2.45) is 7.05 Å². The maximum absolute atomic E-state index is 8.79. The highest BCUT2D eigenvalue weighted by Gasteiger charge is 2.08. The van der Waals surface area contributed by atoms with Crippen molar-refractivity contribution in [2.45, 2.75) is 0 Å². The molecular weight excluding hydrogens is 186 g/mol. The van der Waals surface area contributed by atoms with E-state index in [4.69, 9.17) is 16.9 Å². The molecule has 2 aromatic rings. The van der Waals surface area contributed by atoms with E-state index in [2.05, 4.69) is 11.1 Å². The van der Waals surface area contributed by atoms with Gasteiger partial charge in [-0.15, -0.1) is 0 Å². The molecule has 0 atom stereocenters. The van der Waals surface area contributed by atoms with Crippen molar-refractivity contribution >= 4 is 22.6 Å². The quantitative estimate of drug-likeness (QED) is 0.640. The minimum Gasteiger partial charge on any atom is -0.318 e. The average Bonchev–Trinajstić information content (AvgIpc) is 2.43. The molecule has 1 heterocycles. The van der Waals surface area contributed by atoms with Gasteiger partial charge in [0.05, 0.1) is 11.1 Å². The highest BCUT2D eigenvalue weighted by molar-refractivity contribution is 6.29. The Bertz CT molecular complexity index is 507. The van der Waals surface area contributed by atoms with Crippen LogP contribution < -0.4 is 0 Å². The van der Waals surface area contributed by atoms with Gasteiger partial charge in [-0.3, -0.25) is 0 Å². The summed E-state index contributed by atoms with van der Waals surface area (Å²) in [7, 11) is 1.82. The third-order valence-corrected chi connectivity index (χ3v) is 2.32. The van der Waals surface area contributed by atoms with Crippen molar-refractivity contribution in [3.63, 3.8) is 0 Å². The number of hydrogen-bond donors (Lipinski definition) is 0. The van der Waals surface area contributed by atoms with E-state index in [0.717, 1.165) is 5.52 Å². The zero-order valence-corrected chi connectivity index (χ0v) is 7.71. The number of benzene rings is 1. The molecule has 0 saturated heterocycles. The molecule has 3 nitrogen and oxygen atoms in total. The van der Waals surface area contributed by atoms with Crippen molar-refractivity contribution in [3.05, 3.63) is 29.0 Å². The van der Waals surface area contributed by atoms with E-state index in [1.165, 1.54) is 0 Å². The van der Waals surface area contributed by atoms with Crippen LogP contribution >= 0.6 is 11.6 Å². The van der Waals surface area contributed by atoms with E-state index in [0.29, 0.717) is 16.4 Å². The summed E-state index contributed by atoms with van der Waals surface area (Å²) in [4.78, 5) is 4.09. The molecule has 0 saturated carbocycles. The molecule has 0 spiro atoms. The van der Waals surface area contributed by atoms with E-state index >= 15 is 0 Å². The van der Waals surface area contributed by atoms with Gasteiger partial charge in [0, 0.05) is 7.05 Å². The lowest BCUT2D eigenvalue weighted by Gasteiger charge is -1.94. The fraction of sp³-hybridized carbons (Fsp3) is 0.111. The lowest BCUT2D eigenvalue weighted by molar-refractivity contribution is 0.949. The number of hydrogen-bond acceptors (Lipinski definition) is 2. The molecule has 0 aliphatic rings. The summed E-state index contributed by atoms with van der Waals surface area (Å²) in [6.07, 6.45) is 0. The first-order valence-electron chi connectivity index (χ1n) is 3.75. The Morgan fingerprint density at radius 3 is 3.00 bits per heavy atom. The summed E-state index contributed by atoms with van der Waals surface area (Å²) < 4.78 is 1.75. The number of halogens is 1. The maximum atomic E-state index is 8.79. The van der Waals surface area contributed by atoms with Crippen molar-refractivity contribution in [2.75, 3.05) is 0 Å². The molecule has 0 aliphatic heterocycles. The minimum atomic E-state index is 0.401. The number of nitriles is 1. The van der Waals surface area contributed by atoms with Gasteiger partial charge in [0.1, 0.15) is 11.6 Å². The lowest BCUT2D eigenvalue weighted by atomic mass is 10.2. The predicted octanol–water partition coefficient (Wildman–Crippen LogP) is 2.10. The van der Waals surface area contributed by atoms with E-state index in [9.17, 15) is 0 Å². The zero-order valence-electron chi connectivity index (χ0n) is 6.95. The molecular formula is C9H6ClN3. The number of aromatic nitrogens is 2. The molecule has 1 aromatic heterocycles. The standard InChI is InChI=1S/C9H6ClN3/c1-13-7-4-2-3-6(5-11)8(7)12-9(13)10/h2-4H,1H3. The summed E-state index contributed by atoms with van der Waals surface area (Å²) in [6.45, 7) is 0. The molecule has 0 radical (unpaired) electrons. The predicted molar refractivity (Wildman–Crippen MR) is 50.4 cm³/mol. The van der Waals surface area contributed by atoms with Crippen LogP contribution in [0.5, 0.6) is 0 Å². The monoisotopic (exact) mass is 191 g/mol. The van der Waals surface area contributed by atoms with E-state index in [1.54, 1.807) is 10.6 Å². The molecule has 64 valence electrons.